The molecule has 3 aromatic rings. The van der Waals surface area contributed by atoms with Crippen LogP contribution in [0.25, 0.3) is 6.08 Å². The molecule has 3 aliphatic heterocycles. The van der Waals surface area contributed by atoms with E-state index < -0.39 is 54.7 Å². The van der Waals surface area contributed by atoms with E-state index >= 15 is 0 Å². The molecule has 0 saturated carbocycles. The van der Waals surface area contributed by atoms with E-state index in [2.05, 4.69) is 16.0 Å². The molecule has 2 aromatic carbocycles. The second-order valence-electron chi connectivity index (χ2n) is 18.1. The Hall–Kier alpha value is -7.54. The number of carbonyl (C=O) groups excluding carboxylic acids is 7. The fraction of sp³-hybridized carbons (Fsp3) is 0.442. The van der Waals surface area contributed by atoms with E-state index in [1.807, 2.05) is 64.3 Å². The normalized spacial score (nSPS) is 19.7. The molecular weight excluding hydrogens is 1010 g/mol. The first kappa shape index (κ1) is 59.3. The highest BCUT2D eigenvalue weighted by molar-refractivity contribution is 6.12. The average Bonchev–Trinajstić information content (AvgIpc) is 3.71. The molecule has 0 bridgehead atoms. The molecule has 0 aliphatic carbocycles. The number of pyridine rings is 1. The number of aliphatic hydroxyl groups excluding tert-OH is 3. The molecule has 6 amide bonds. The molecule has 410 valence electrons. The summed E-state index contributed by atoms with van der Waals surface area (Å²) in [7, 11) is 0. The van der Waals surface area contributed by atoms with Crippen molar-refractivity contribution in [3.05, 3.63) is 108 Å². The number of unbranched alkanes of at least 4 members (excludes halogenated alkanes) is 3. The number of anilines is 1. The van der Waals surface area contributed by atoms with Gasteiger partial charge in [-0.25, -0.2) is 9.36 Å². The number of benzene rings is 2. The lowest BCUT2D eigenvalue weighted by molar-refractivity contribution is -0.688. The molecule has 21 nitrogen and oxygen atoms in total. The van der Waals surface area contributed by atoms with Crippen LogP contribution in [0, 0.1) is 5.92 Å². The Balaban J connectivity index is 0.00000142. The number of nitrogens with one attached hydrogen (secondary N) is 3. The van der Waals surface area contributed by atoms with Gasteiger partial charge in [-0.15, -0.1) is 0 Å². The Kier molecular flexibility index (Phi) is 22.6. The molecule has 2 saturated heterocycles. The Bertz CT molecular complexity index is 2560. The van der Waals surface area contributed by atoms with Gasteiger partial charge in [0.1, 0.15) is 30.0 Å². The summed E-state index contributed by atoms with van der Waals surface area (Å²) in [4.78, 5) is 98.1. The Labute approximate surface area is 435 Å². The molecule has 76 heavy (non-hydrogen) atoms. The highest BCUT2D eigenvalue weighted by Gasteiger charge is 2.48. The van der Waals surface area contributed by atoms with E-state index in [0.29, 0.717) is 37.3 Å². The van der Waals surface area contributed by atoms with Gasteiger partial charge in [-0.1, -0.05) is 37.5 Å². The number of alkyl halides is 3. The lowest BCUT2D eigenvalue weighted by Crippen LogP contribution is -2.61. The number of carboxylic acids is 2. The molecule has 24 heteroatoms. The minimum Gasteiger partial charge on any atom is -0.542 e. The molecule has 7 N–H and O–H groups in total. The highest BCUT2D eigenvalue weighted by atomic mass is 19.4. The maximum absolute atomic E-state index is 13.2. The Morgan fingerprint density at radius 2 is 1.51 bits per heavy atom. The Morgan fingerprint density at radius 1 is 0.816 bits per heavy atom. The molecule has 3 aliphatic rings. The van der Waals surface area contributed by atoms with Crippen molar-refractivity contribution in [1.29, 1.82) is 0 Å². The number of likely N-dealkylation sites (tertiary alicyclic amines) is 1. The van der Waals surface area contributed by atoms with Crippen LogP contribution in [0.4, 0.5) is 18.9 Å². The van der Waals surface area contributed by atoms with Gasteiger partial charge in [0.2, 0.25) is 24.0 Å². The second kappa shape index (κ2) is 28.9. The standard InChI is InChI=1S/C50H60N6O13.C2HF3O2/c57-39(14-5-2-8-27-56-42(60)19-20-43(56)61)52-25-21-41(59)53-37-30-35(15-17-38(37)68-50-46(64)44(62)45(63)47(69-50)49(66)67)32-54-26-9-11-34(31-54)16-18-40(58)51-24-7-6-10-33-22-28-55(29-23-33)48(65)36-12-3-1-4-13-36;3-2(4,5)1(6)7/h1,3-4,9,11-13,15-20,26,30-31,33,44-47,50,62-64H,2,5-8,10,14,21-25,27-29,32H2,(H3-,51,52,53,57,58,59,66,67);(H,6,7)/b18-16+;/t44-,45-,46+,47-,50+;/m0./s1. The van der Waals surface area contributed by atoms with Gasteiger partial charge in [0.05, 0.1) is 5.69 Å². The maximum Gasteiger partial charge on any atom is 0.430 e. The topological polar surface area (TPSA) is 305 Å². The van der Waals surface area contributed by atoms with Crippen LogP contribution in [-0.2, 0) is 44.8 Å². The van der Waals surface area contributed by atoms with E-state index in [0.717, 1.165) is 61.2 Å². The minimum atomic E-state index is -5.19. The third kappa shape index (κ3) is 18.7. The van der Waals surface area contributed by atoms with Crippen molar-refractivity contribution in [2.45, 2.75) is 108 Å². The number of aliphatic carboxylic acids is 2. The van der Waals surface area contributed by atoms with Crippen molar-refractivity contribution in [1.82, 2.24) is 20.4 Å². The predicted molar refractivity (Wildman–Crippen MR) is 260 cm³/mol. The molecule has 0 spiro atoms. The third-order valence-electron chi connectivity index (χ3n) is 12.4. The molecule has 2 fully saturated rings. The summed E-state index contributed by atoms with van der Waals surface area (Å²) in [6.45, 7) is 2.59. The number of halogens is 3. The van der Waals surface area contributed by atoms with Crippen LogP contribution in [0.2, 0.25) is 0 Å². The van der Waals surface area contributed by atoms with Crippen LogP contribution in [0.1, 0.15) is 85.7 Å². The van der Waals surface area contributed by atoms with E-state index in [1.165, 1.54) is 24.3 Å². The fourth-order valence-corrected chi connectivity index (χ4v) is 8.29. The number of hydrogen-bond acceptors (Lipinski definition) is 14. The highest BCUT2D eigenvalue weighted by Crippen LogP contribution is 2.31. The number of rotatable bonds is 23. The average molecular weight is 1070 g/mol. The molecule has 5 atom stereocenters. The lowest BCUT2D eigenvalue weighted by atomic mass is 9.91. The minimum absolute atomic E-state index is 0.00742. The van der Waals surface area contributed by atoms with E-state index in [9.17, 15) is 67.2 Å². The van der Waals surface area contributed by atoms with Crippen LogP contribution in [-0.4, -0.2) is 147 Å². The SMILES string of the molecule is O=C(/C=C/c1ccc[n+](Cc2ccc(O[C@@H]3O[C@H](C(=O)O)[C@@H](O)[C@H](O)[C@H]3O)c(NC(=O)CCNC(=O)CCCCCN3C(=O)C=CC3=O)c2)c1)NCCCCC1CCN(C(=O)c2ccccc2)CC1.O=C([O-])C(F)(F)F. The molecule has 0 radical (unpaired) electrons. The van der Waals surface area contributed by atoms with Crippen molar-refractivity contribution in [2.75, 3.05) is 38.0 Å². The summed E-state index contributed by atoms with van der Waals surface area (Å²) in [6, 6.07) is 17.7. The van der Waals surface area contributed by atoms with Gasteiger partial charge in [-0.3, -0.25) is 33.7 Å². The van der Waals surface area contributed by atoms with Crippen LogP contribution in [0.5, 0.6) is 5.75 Å². The first-order valence-electron chi connectivity index (χ1n) is 24.6. The zero-order valence-corrected chi connectivity index (χ0v) is 41.3. The summed E-state index contributed by atoms with van der Waals surface area (Å²) in [5.41, 5.74) is 2.23. The number of aliphatic hydroxyl groups is 3. The monoisotopic (exact) mass is 1070 g/mol. The number of nitrogens with zero attached hydrogens (tertiary/aromatic N) is 3. The van der Waals surface area contributed by atoms with Gasteiger partial charge in [-0.05, 0) is 80.5 Å². The van der Waals surface area contributed by atoms with E-state index in [4.69, 9.17) is 19.4 Å². The molecule has 1 aromatic heterocycles. The van der Waals surface area contributed by atoms with Gasteiger partial charge >= 0.3 is 12.1 Å². The number of ether oxygens (including phenoxy) is 2. The van der Waals surface area contributed by atoms with Crippen LogP contribution >= 0.6 is 0 Å². The number of piperidine rings is 1. The number of amides is 6. The van der Waals surface area contributed by atoms with Crippen molar-refractivity contribution < 1.29 is 91.1 Å². The number of aromatic nitrogens is 1. The maximum atomic E-state index is 13.2. The summed E-state index contributed by atoms with van der Waals surface area (Å²) in [6.07, 6.45) is 1.16. The summed E-state index contributed by atoms with van der Waals surface area (Å²) < 4.78 is 44.5. The number of carboxylic acid groups (broad SMARTS) is 2. The summed E-state index contributed by atoms with van der Waals surface area (Å²) >= 11 is 0. The number of imide groups is 1. The second-order valence-corrected chi connectivity index (χ2v) is 18.1. The van der Waals surface area contributed by atoms with Gasteiger partial charge in [0.25, 0.3) is 17.7 Å². The van der Waals surface area contributed by atoms with Gasteiger partial charge in [0.15, 0.2) is 25.0 Å². The number of hydrogen-bond donors (Lipinski definition) is 7. The van der Waals surface area contributed by atoms with Crippen LogP contribution < -0.4 is 30.4 Å². The Morgan fingerprint density at radius 3 is 2.18 bits per heavy atom. The number of carbonyl (C=O) groups is 8. The van der Waals surface area contributed by atoms with E-state index in [1.54, 1.807) is 18.2 Å². The van der Waals surface area contributed by atoms with Crippen molar-refractivity contribution in [3.63, 3.8) is 0 Å². The molecule has 4 heterocycles. The fourth-order valence-electron chi connectivity index (χ4n) is 8.29. The van der Waals surface area contributed by atoms with Gasteiger partial charge < -0.3 is 60.7 Å². The quantitative estimate of drug-likeness (QED) is 0.0306. The molecular formula is C52H61F3N6O15. The van der Waals surface area contributed by atoms with Crippen molar-refractivity contribution in [2.24, 2.45) is 5.92 Å². The molecule has 6 rings (SSSR count). The zero-order valence-electron chi connectivity index (χ0n) is 41.3. The molecule has 0 unspecified atom stereocenters. The van der Waals surface area contributed by atoms with Crippen molar-refractivity contribution in [3.8, 4) is 5.75 Å². The third-order valence-corrected chi connectivity index (χ3v) is 12.4. The zero-order chi connectivity index (χ0) is 55.4. The first-order valence-corrected chi connectivity index (χ1v) is 24.6. The lowest BCUT2D eigenvalue weighted by Gasteiger charge is -2.38. The first-order chi connectivity index (χ1) is 36.2. The van der Waals surface area contributed by atoms with Crippen LogP contribution in [0.15, 0.2) is 91.3 Å². The summed E-state index contributed by atoms with van der Waals surface area (Å²) in [5, 5.41) is 57.8. The largest absolute Gasteiger partial charge is 0.542 e. The van der Waals surface area contributed by atoms with Gasteiger partial charge in [-0.2, -0.15) is 13.2 Å². The smallest absolute Gasteiger partial charge is 0.430 e. The predicted octanol–water partition coefficient (Wildman–Crippen LogP) is 1.37. The summed E-state index contributed by atoms with van der Waals surface area (Å²) in [5.74, 6) is -5.76. The van der Waals surface area contributed by atoms with Gasteiger partial charge in [0, 0.05) is 86.6 Å². The van der Waals surface area contributed by atoms with Crippen molar-refractivity contribution >= 4 is 59.1 Å². The van der Waals surface area contributed by atoms with Crippen LogP contribution in [0.3, 0.4) is 0 Å². The van der Waals surface area contributed by atoms with E-state index in [-0.39, 0.29) is 73.4 Å².